The summed E-state index contributed by atoms with van der Waals surface area (Å²) in [7, 11) is 1.54. The third-order valence-corrected chi connectivity index (χ3v) is 1.97. The molecule has 5 heteroatoms. The molecule has 0 radical (unpaired) electrons. The number of nitrogens with zero attached hydrogens (tertiary/aromatic N) is 3. The fourth-order valence-electron chi connectivity index (χ4n) is 1.30. The summed E-state index contributed by atoms with van der Waals surface area (Å²) in [4.78, 5) is 12.0. The summed E-state index contributed by atoms with van der Waals surface area (Å²) in [6.07, 6.45) is 4.80. The molecule has 2 aromatic rings. The van der Waals surface area contributed by atoms with Crippen molar-refractivity contribution in [3.8, 4) is 17.0 Å². The standard InChI is InChI=1S/C10H10N4O/c1-15-9-8(13-6-14-10(9)11)7-3-2-4-12-5-7/h2-6H,1H3,(H2,11,13,14). The molecule has 0 unspecified atom stereocenters. The second kappa shape index (κ2) is 3.91. The van der Waals surface area contributed by atoms with Gasteiger partial charge in [-0.1, -0.05) is 0 Å². The van der Waals surface area contributed by atoms with E-state index in [0.29, 0.717) is 17.3 Å². The molecule has 2 rings (SSSR count). The highest BCUT2D eigenvalue weighted by molar-refractivity contribution is 5.70. The normalized spacial score (nSPS) is 9.93. The van der Waals surface area contributed by atoms with Gasteiger partial charge >= 0.3 is 0 Å². The van der Waals surface area contributed by atoms with Crippen LogP contribution in [0, 0.1) is 0 Å². The number of nitrogen functional groups attached to an aromatic ring is 1. The smallest absolute Gasteiger partial charge is 0.187 e. The summed E-state index contributed by atoms with van der Waals surface area (Å²) >= 11 is 0. The molecule has 0 atom stereocenters. The zero-order valence-electron chi connectivity index (χ0n) is 8.21. The van der Waals surface area contributed by atoms with Gasteiger partial charge in [0.15, 0.2) is 11.6 Å². The third kappa shape index (κ3) is 1.71. The number of hydrogen-bond acceptors (Lipinski definition) is 5. The maximum absolute atomic E-state index is 5.67. The van der Waals surface area contributed by atoms with Crippen LogP contribution in [-0.2, 0) is 0 Å². The first-order valence-electron chi connectivity index (χ1n) is 4.38. The third-order valence-electron chi connectivity index (χ3n) is 1.97. The van der Waals surface area contributed by atoms with Crippen molar-refractivity contribution < 1.29 is 4.74 Å². The van der Waals surface area contributed by atoms with Gasteiger partial charge in [-0.25, -0.2) is 9.97 Å². The van der Waals surface area contributed by atoms with Crippen molar-refractivity contribution in [1.82, 2.24) is 15.0 Å². The lowest BCUT2D eigenvalue weighted by atomic mass is 10.2. The summed E-state index contributed by atoms with van der Waals surface area (Å²) in [6, 6.07) is 3.71. The molecule has 2 aromatic heterocycles. The Morgan fingerprint density at radius 3 is 2.87 bits per heavy atom. The predicted molar refractivity (Wildman–Crippen MR) is 56.2 cm³/mol. The fraction of sp³-hybridized carbons (Fsp3) is 0.100. The first kappa shape index (κ1) is 9.39. The van der Waals surface area contributed by atoms with Crippen LogP contribution in [0.5, 0.6) is 5.75 Å². The molecular weight excluding hydrogens is 192 g/mol. The van der Waals surface area contributed by atoms with Gasteiger partial charge in [0, 0.05) is 18.0 Å². The number of ether oxygens (including phenoxy) is 1. The van der Waals surface area contributed by atoms with Crippen molar-refractivity contribution in [2.24, 2.45) is 0 Å². The Morgan fingerprint density at radius 1 is 1.33 bits per heavy atom. The monoisotopic (exact) mass is 202 g/mol. The van der Waals surface area contributed by atoms with Gasteiger partial charge in [0.1, 0.15) is 12.0 Å². The fourth-order valence-corrected chi connectivity index (χ4v) is 1.30. The van der Waals surface area contributed by atoms with Gasteiger partial charge in [-0.05, 0) is 12.1 Å². The maximum atomic E-state index is 5.67. The molecule has 0 saturated heterocycles. The minimum atomic E-state index is 0.325. The molecule has 0 spiro atoms. The highest BCUT2D eigenvalue weighted by Gasteiger charge is 2.10. The van der Waals surface area contributed by atoms with Gasteiger partial charge in [-0.15, -0.1) is 0 Å². The first-order valence-corrected chi connectivity index (χ1v) is 4.38. The van der Waals surface area contributed by atoms with E-state index in [9.17, 15) is 0 Å². The number of aromatic nitrogens is 3. The van der Waals surface area contributed by atoms with E-state index in [1.54, 1.807) is 12.4 Å². The van der Waals surface area contributed by atoms with E-state index < -0.39 is 0 Å². The van der Waals surface area contributed by atoms with Gasteiger partial charge in [0.2, 0.25) is 0 Å². The SMILES string of the molecule is COc1c(N)ncnc1-c1cccnc1. The van der Waals surface area contributed by atoms with Gasteiger partial charge < -0.3 is 10.5 Å². The second-order valence-corrected chi connectivity index (χ2v) is 2.88. The molecule has 15 heavy (non-hydrogen) atoms. The maximum Gasteiger partial charge on any atom is 0.187 e. The molecule has 0 aromatic carbocycles. The molecular formula is C10H10N4O. The molecule has 0 aliphatic heterocycles. The Bertz CT molecular complexity index is 458. The van der Waals surface area contributed by atoms with Crippen molar-refractivity contribution >= 4 is 5.82 Å². The zero-order valence-corrected chi connectivity index (χ0v) is 8.21. The van der Waals surface area contributed by atoms with Crippen LogP contribution in [-0.4, -0.2) is 22.1 Å². The second-order valence-electron chi connectivity index (χ2n) is 2.88. The lowest BCUT2D eigenvalue weighted by Crippen LogP contribution is -1.99. The van der Waals surface area contributed by atoms with Crippen molar-refractivity contribution in [2.45, 2.75) is 0 Å². The van der Waals surface area contributed by atoms with Crippen LogP contribution >= 0.6 is 0 Å². The van der Waals surface area contributed by atoms with Crippen LogP contribution in [0.25, 0.3) is 11.3 Å². The average molecular weight is 202 g/mol. The van der Waals surface area contributed by atoms with Crippen LogP contribution in [0.3, 0.4) is 0 Å². The largest absolute Gasteiger partial charge is 0.491 e. The number of nitrogens with two attached hydrogens (primary N) is 1. The van der Waals surface area contributed by atoms with E-state index in [0.717, 1.165) is 5.56 Å². The topological polar surface area (TPSA) is 73.9 Å². The molecule has 5 nitrogen and oxygen atoms in total. The number of rotatable bonds is 2. The Labute approximate surface area is 87.0 Å². The van der Waals surface area contributed by atoms with E-state index in [4.69, 9.17) is 10.5 Å². The van der Waals surface area contributed by atoms with E-state index in [1.165, 1.54) is 13.4 Å². The van der Waals surface area contributed by atoms with Crippen molar-refractivity contribution in [3.63, 3.8) is 0 Å². The van der Waals surface area contributed by atoms with Crippen LogP contribution in [0.1, 0.15) is 0 Å². The molecule has 0 amide bonds. The predicted octanol–water partition coefficient (Wildman–Crippen LogP) is 1.13. The molecule has 2 heterocycles. The van der Waals surface area contributed by atoms with Gasteiger partial charge in [-0.3, -0.25) is 4.98 Å². The Balaban J connectivity index is 2.58. The first-order chi connectivity index (χ1) is 7.33. The summed E-state index contributed by atoms with van der Waals surface area (Å²) in [5.74, 6) is 0.803. The van der Waals surface area contributed by atoms with Crippen molar-refractivity contribution in [2.75, 3.05) is 12.8 Å². The summed E-state index contributed by atoms with van der Waals surface area (Å²) in [6.45, 7) is 0. The highest BCUT2D eigenvalue weighted by Crippen LogP contribution is 2.30. The quantitative estimate of drug-likeness (QED) is 0.790. The minimum Gasteiger partial charge on any atom is -0.491 e. The molecule has 76 valence electrons. The summed E-state index contributed by atoms with van der Waals surface area (Å²) in [5.41, 5.74) is 7.17. The highest BCUT2D eigenvalue weighted by atomic mass is 16.5. The Morgan fingerprint density at radius 2 is 2.20 bits per heavy atom. The van der Waals surface area contributed by atoms with Crippen LogP contribution in [0.15, 0.2) is 30.9 Å². The molecule has 0 saturated carbocycles. The van der Waals surface area contributed by atoms with E-state index in [-0.39, 0.29) is 0 Å². The van der Waals surface area contributed by atoms with Gasteiger partial charge in [-0.2, -0.15) is 0 Å². The number of anilines is 1. The van der Waals surface area contributed by atoms with E-state index in [1.807, 2.05) is 12.1 Å². The Kier molecular flexibility index (Phi) is 2.45. The van der Waals surface area contributed by atoms with Crippen molar-refractivity contribution in [3.05, 3.63) is 30.9 Å². The van der Waals surface area contributed by atoms with Gasteiger partial charge in [0.25, 0.3) is 0 Å². The molecule has 0 fully saturated rings. The lowest BCUT2D eigenvalue weighted by Gasteiger charge is -2.08. The number of pyridine rings is 1. The van der Waals surface area contributed by atoms with E-state index in [2.05, 4.69) is 15.0 Å². The lowest BCUT2D eigenvalue weighted by molar-refractivity contribution is 0.415. The molecule has 0 aliphatic rings. The van der Waals surface area contributed by atoms with Crippen molar-refractivity contribution in [1.29, 1.82) is 0 Å². The number of hydrogen-bond donors (Lipinski definition) is 1. The van der Waals surface area contributed by atoms with Crippen LogP contribution in [0.2, 0.25) is 0 Å². The summed E-state index contributed by atoms with van der Waals surface area (Å²) < 4.78 is 5.15. The average Bonchev–Trinajstić information content (AvgIpc) is 2.30. The Hall–Kier alpha value is -2.17. The summed E-state index contributed by atoms with van der Waals surface area (Å²) in [5, 5.41) is 0. The van der Waals surface area contributed by atoms with Gasteiger partial charge in [0.05, 0.1) is 7.11 Å². The van der Waals surface area contributed by atoms with Crippen LogP contribution in [0.4, 0.5) is 5.82 Å². The van der Waals surface area contributed by atoms with Crippen LogP contribution < -0.4 is 10.5 Å². The molecule has 0 bridgehead atoms. The number of methoxy groups -OCH3 is 1. The minimum absolute atomic E-state index is 0.325. The zero-order chi connectivity index (χ0) is 10.7. The molecule has 2 N–H and O–H groups in total. The molecule has 0 aliphatic carbocycles. The van der Waals surface area contributed by atoms with E-state index >= 15 is 0 Å².